The topological polar surface area (TPSA) is 99.6 Å². The van der Waals surface area contributed by atoms with Gasteiger partial charge in [-0.15, -0.1) is 11.3 Å². The van der Waals surface area contributed by atoms with Gasteiger partial charge in [0.05, 0.1) is 10.9 Å². The number of carbonyl (C=O) groups is 1. The summed E-state index contributed by atoms with van der Waals surface area (Å²) in [5.41, 5.74) is 3.95. The lowest BCUT2D eigenvalue weighted by Gasteiger charge is -2.09. The van der Waals surface area contributed by atoms with E-state index in [4.69, 9.17) is 9.84 Å². The fourth-order valence-corrected chi connectivity index (χ4v) is 4.82. The largest absolute Gasteiger partial charge is 0.511 e. The number of hydrogen-bond donors (Lipinski definition) is 3. The molecule has 2 aromatic heterocycles. The Morgan fingerprint density at radius 3 is 2.27 bits per heavy atom. The number of aromatic amines is 1. The molecule has 3 aromatic carbocycles. The van der Waals surface area contributed by atoms with Crippen LogP contribution in [0.3, 0.4) is 0 Å². The first kappa shape index (κ1) is 20.5. The van der Waals surface area contributed by atoms with Gasteiger partial charge < -0.3 is 19.9 Å². The van der Waals surface area contributed by atoms with E-state index in [2.05, 4.69) is 4.98 Å². The van der Waals surface area contributed by atoms with Gasteiger partial charge in [-0.2, -0.15) is 0 Å². The Bertz CT molecular complexity index is 1540. The normalized spacial score (nSPS) is 10.9. The molecule has 0 amide bonds. The predicted octanol–water partition coefficient (Wildman–Crippen LogP) is 6.35. The maximum atomic E-state index is 12.6. The first-order valence-corrected chi connectivity index (χ1v) is 10.9. The summed E-state index contributed by atoms with van der Waals surface area (Å²) in [4.78, 5) is 26.9. The first-order chi connectivity index (χ1) is 16.0. The average molecular weight is 455 g/mol. The van der Waals surface area contributed by atoms with Crippen LogP contribution in [0.4, 0.5) is 4.79 Å². The van der Waals surface area contributed by atoms with Crippen molar-refractivity contribution in [2.45, 2.75) is 0 Å². The van der Waals surface area contributed by atoms with Crippen molar-refractivity contribution in [3.63, 3.8) is 0 Å². The third-order valence-electron chi connectivity index (χ3n) is 5.35. The summed E-state index contributed by atoms with van der Waals surface area (Å²) in [5, 5.41) is 22.4. The molecule has 0 spiro atoms. The molecule has 5 aromatic rings. The molecule has 162 valence electrons. The molecule has 0 aliphatic heterocycles. The van der Waals surface area contributed by atoms with E-state index >= 15 is 0 Å². The van der Waals surface area contributed by atoms with Crippen LogP contribution in [-0.2, 0) is 0 Å². The van der Waals surface area contributed by atoms with Gasteiger partial charge in [0.25, 0.3) is 5.56 Å². The van der Waals surface area contributed by atoms with Gasteiger partial charge in [0.2, 0.25) is 0 Å². The maximum Gasteiger partial charge on any atom is 0.511 e. The number of rotatable bonds is 4. The minimum absolute atomic E-state index is 0.0428. The Balaban J connectivity index is 1.57. The lowest BCUT2D eigenvalue weighted by Crippen LogP contribution is -2.08. The highest BCUT2D eigenvalue weighted by Gasteiger charge is 2.18. The molecule has 3 N–H and O–H groups in total. The second kappa shape index (κ2) is 8.29. The van der Waals surface area contributed by atoms with E-state index in [1.165, 1.54) is 11.3 Å². The number of H-pyrrole nitrogens is 1. The molecule has 6 nitrogen and oxygen atoms in total. The Labute approximate surface area is 192 Å². The maximum absolute atomic E-state index is 12.6. The van der Waals surface area contributed by atoms with Crippen molar-refractivity contribution in [1.29, 1.82) is 0 Å². The van der Waals surface area contributed by atoms with E-state index in [0.717, 1.165) is 22.3 Å². The first-order valence-electron chi connectivity index (χ1n) is 10.0. The number of ether oxygens (including phenoxy) is 1. The number of carboxylic acid groups (broad SMARTS) is 1. The molecule has 0 unspecified atom stereocenters. The molecule has 0 fully saturated rings. The van der Waals surface area contributed by atoms with Gasteiger partial charge in [-0.25, -0.2) is 4.79 Å². The van der Waals surface area contributed by atoms with Gasteiger partial charge in [-0.1, -0.05) is 66.7 Å². The Kier molecular flexibility index (Phi) is 5.16. The highest BCUT2D eigenvalue weighted by molar-refractivity contribution is 7.17. The van der Waals surface area contributed by atoms with Crippen molar-refractivity contribution in [1.82, 2.24) is 4.98 Å². The highest BCUT2D eigenvalue weighted by Crippen LogP contribution is 2.41. The summed E-state index contributed by atoms with van der Waals surface area (Å²) >= 11 is 1.36. The number of benzene rings is 3. The molecule has 5 rings (SSSR count). The van der Waals surface area contributed by atoms with E-state index in [1.807, 2.05) is 53.9 Å². The SMILES string of the molecule is O=C(O)Oc1cccc(-c2ccc(-c3csc4[nH]c(=O)c(-c5ccccc5)c(O)c34)cc2)c1. The molecule has 7 heteroatoms. The van der Waals surface area contributed by atoms with E-state index in [1.54, 1.807) is 30.3 Å². The number of thiophene rings is 1. The standard InChI is InChI=1S/C26H17NO5S/c28-23-21(17-5-2-1-3-6-17)24(29)27-25-22(23)20(14-33-25)16-11-9-15(10-12-16)18-7-4-8-19(13-18)32-26(30)31/h1-14H,(H,30,31)(H2,27,28,29). The van der Waals surface area contributed by atoms with E-state index < -0.39 is 6.16 Å². The van der Waals surface area contributed by atoms with E-state index in [9.17, 15) is 14.7 Å². The summed E-state index contributed by atoms with van der Waals surface area (Å²) in [6, 6.07) is 23.6. The average Bonchev–Trinajstić information content (AvgIpc) is 3.24. The van der Waals surface area contributed by atoms with Crippen LogP contribution in [-0.4, -0.2) is 21.4 Å². The monoisotopic (exact) mass is 455 g/mol. The van der Waals surface area contributed by atoms with Crippen LogP contribution >= 0.6 is 11.3 Å². The van der Waals surface area contributed by atoms with Crippen molar-refractivity contribution in [2.24, 2.45) is 0 Å². The van der Waals surface area contributed by atoms with Gasteiger partial charge in [0.1, 0.15) is 16.3 Å². The van der Waals surface area contributed by atoms with Gasteiger partial charge in [0, 0.05) is 10.9 Å². The smallest absolute Gasteiger partial charge is 0.506 e. The van der Waals surface area contributed by atoms with Crippen molar-refractivity contribution in [3.05, 3.63) is 94.6 Å². The molecule has 0 bridgehead atoms. The zero-order valence-corrected chi connectivity index (χ0v) is 17.9. The Morgan fingerprint density at radius 1 is 0.848 bits per heavy atom. The molecule has 0 aliphatic carbocycles. The summed E-state index contributed by atoms with van der Waals surface area (Å²) in [6.45, 7) is 0. The second-order valence-corrected chi connectivity index (χ2v) is 8.25. The summed E-state index contributed by atoms with van der Waals surface area (Å²) in [5.74, 6) is 0.203. The van der Waals surface area contributed by atoms with Crippen LogP contribution in [0.25, 0.3) is 43.6 Å². The zero-order chi connectivity index (χ0) is 22.9. The second-order valence-electron chi connectivity index (χ2n) is 7.37. The molecule has 0 atom stereocenters. The minimum atomic E-state index is -1.36. The molecule has 0 radical (unpaired) electrons. The molecule has 0 aliphatic rings. The van der Waals surface area contributed by atoms with Crippen LogP contribution < -0.4 is 10.3 Å². The minimum Gasteiger partial charge on any atom is -0.506 e. The van der Waals surface area contributed by atoms with Crippen LogP contribution in [0, 0.1) is 0 Å². The van der Waals surface area contributed by atoms with Gasteiger partial charge in [-0.3, -0.25) is 4.79 Å². The number of pyridine rings is 1. The predicted molar refractivity (Wildman–Crippen MR) is 129 cm³/mol. The fraction of sp³-hybridized carbons (Fsp3) is 0. The van der Waals surface area contributed by atoms with Crippen LogP contribution in [0.15, 0.2) is 89.0 Å². The molecular formula is C26H17NO5S. The number of nitrogens with one attached hydrogen (secondary N) is 1. The number of aromatic nitrogens is 1. The van der Waals surface area contributed by atoms with Gasteiger partial charge in [0.15, 0.2) is 0 Å². The van der Waals surface area contributed by atoms with Crippen molar-refractivity contribution >= 4 is 27.7 Å². The lowest BCUT2D eigenvalue weighted by atomic mass is 9.98. The van der Waals surface area contributed by atoms with E-state index in [-0.39, 0.29) is 22.6 Å². The number of hydrogen-bond acceptors (Lipinski definition) is 5. The van der Waals surface area contributed by atoms with Crippen molar-refractivity contribution < 1.29 is 19.7 Å². The van der Waals surface area contributed by atoms with Gasteiger partial charge >= 0.3 is 6.16 Å². The number of aromatic hydroxyl groups is 1. The summed E-state index contributed by atoms with van der Waals surface area (Å²) in [6.07, 6.45) is -1.36. The van der Waals surface area contributed by atoms with Crippen molar-refractivity contribution in [3.8, 4) is 44.9 Å². The van der Waals surface area contributed by atoms with Crippen LogP contribution in [0.5, 0.6) is 11.5 Å². The van der Waals surface area contributed by atoms with Crippen LogP contribution in [0.1, 0.15) is 0 Å². The third kappa shape index (κ3) is 3.86. The Morgan fingerprint density at radius 2 is 1.55 bits per heavy atom. The molecule has 2 heterocycles. The molecule has 33 heavy (non-hydrogen) atoms. The van der Waals surface area contributed by atoms with Gasteiger partial charge in [-0.05, 0) is 34.4 Å². The number of fused-ring (bicyclic) bond motifs is 1. The molecule has 0 saturated carbocycles. The lowest BCUT2D eigenvalue weighted by molar-refractivity contribution is 0.144. The van der Waals surface area contributed by atoms with E-state index in [0.29, 0.717) is 15.8 Å². The van der Waals surface area contributed by atoms with Crippen molar-refractivity contribution in [2.75, 3.05) is 0 Å². The fourth-order valence-electron chi connectivity index (χ4n) is 3.85. The highest BCUT2D eigenvalue weighted by atomic mass is 32.1. The zero-order valence-electron chi connectivity index (χ0n) is 17.1. The summed E-state index contributed by atoms with van der Waals surface area (Å²) in [7, 11) is 0. The quantitative estimate of drug-likeness (QED) is 0.216. The summed E-state index contributed by atoms with van der Waals surface area (Å²) < 4.78 is 4.74. The molecular weight excluding hydrogens is 438 g/mol. The van der Waals surface area contributed by atoms with Crippen LogP contribution in [0.2, 0.25) is 0 Å². The third-order valence-corrected chi connectivity index (χ3v) is 6.25. The Hall–Kier alpha value is -4.36. The molecule has 0 saturated heterocycles.